The van der Waals surface area contributed by atoms with Crippen LogP contribution in [0.4, 0.5) is 0 Å². The summed E-state index contributed by atoms with van der Waals surface area (Å²) in [6.07, 6.45) is 1.59. The van der Waals surface area contributed by atoms with Crippen LogP contribution in [0.2, 0.25) is 0 Å². The molecule has 0 radical (unpaired) electrons. The van der Waals surface area contributed by atoms with Crippen molar-refractivity contribution in [1.82, 2.24) is 14.8 Å². The van der Waals surface area contributed by atoms with Crippen LogP contribution in [0.1, 0.15) is 43.0 Å². The number of ether oxygens (including phenoxy) is 1. The number of thioether (sulfide) groups is 1. The van der Waals surface area contributed by atoms with Crippen LogP contribution in [-0.4, -0.2) is 52.8 Å². The summed E-state index contributed by atoms with van der Waals surface area (Å²) in [5.41, 5.74) is 4.36. The van der Waals surface area contributed by atoms with E-state index in [1.54, 1.807) is 4.90 Å². The third kappa shape index (κ3) is 5.73. The van der Waals surface area contributed by atoms with Crippen LogP contribution in [0, 0.1) is 6.92 Å². The number of aryl methyl sites for hydroxylation is 2. The molecule has 0 bridgehead atoms. The van der Waals surface area contributed by atoms with Gasteiger partial charge in [0.1, 0.15) is 6.04 Å². The molecule has 186 valence electrons. The highest BCUT2D eigenvalue weighted by Gasteiger charge is 2.38. The quantitative estimate of drug-likeness (QED) is 0.441. The van der Waals surface area contributed by atoms with Crippen LogP contribution >= 0.6 is 11.8 Å². The van der Waals surface area contributed by atoms with Crippen molar-refractivity contribution in [3.63, 3.8) is 0 Å². The monoisotopic (exact) mass is 493 g/mol. The van der Waals surface area contributed by atoms with Gasteiger partial charge in [0, 0.05) is 43.2 Å². The number of nitrogens with one attached hydrogen (secondary N) is 1. The van der Waals surface area contributed by atoms with E-state index < -0.39 is 6.04 Å². The molecule has 0 saturated carbocycles. The van der Waals surface area contributed by atoms with Crippen LogP contribution < -0.4 is 5.32 Å². The maximum absolute atomic E-state index is 13.7. The molecule has 2 amide bonds. The zero-order valence-electron chi connectivity index (χ0n) is 21.0. The summed E-state index contributed by atoms with van der Waals surface area (Å²) in [5, 5.41) is 5.10. The van der Waals surface area contributed by atoms with Crippen LogP contribution in [0.3, 0.4) is 0 Å². The van der Waals surface area contributed by atoms with Gasteiger partial charge in [-0.2, -0.15) is 0 Å². The third-order valence-corrected chi connectivity index (χ3v) is 7.57. The molecule has 1 unspecified atom stereocenters. The van der Waals surface area contributed by atoms with Crippen molar-refractivity contribution >= 4 is 34.5 Å². The summed E-state index contributed by atoms with van der Waals surface area (Å²) >= 11 is 1.53. The van der Waals surface area contributed by atoms with Gasteiger partial charge in [0.25, 0.3) is 0 Å². The van der Waals surface area contributed by atoms with E-state index in [4.69, 9.17) is 4.74 Å². The first kappa shape index (κ1) is 25.3. The second-order valence-electron chi connectivity index (χ2n) is 9.37. The first-order chi connectivity index (χ1) is 16.9. The fourth-order valence-electron chi connectivity index (χ4n) is 4.58. The zero-order valence-corrected chi connectivity index (χ0v) is 21.9. The van der Waals surface area contributed by atoms with Gasteiger partial charge in [0.15, 0.2) is 0 Å². The van der Waals surface area contributed by atoms with Crippen LogP contribution in [0.25, 0.3) is 10.9 Å². The standard InChI is InChI=1S/C28H35N3O3S/c1-19(2)34-17-7-15-29-27(33)26-25-22-8-5-6-9-23(22)30(4)28(25)35-18-24(32)31(26)16-14-21-12-10-20(3)11-13-21/h5-6,8-13,19,26H,7,14-18H2,1-4H3,(H,29,33). The van der Waals surface area contributed by atoms with E-state index in [2.05, 4.69) is 53.2 Å². The summed E-state index contributed by atoms with van der Waals surface area (Å²) in [6.45, 7) is 7.65. The first-order valence-electron chi connectivity index (χ1n) is 12.3. The molecular weight excluding hydrogens is 458 g/mol. The van der Waals surface area contributed by atoms with Crippen molar-refractivity contribution in [2.75, 3.05) is 25.4 Å². The zero-order chi connectivity index (χ0) is 24.9. The van der Waals surface area contributed by atoms with E-state index in [1.807, 2.05) is 33.0 Å². The Hall–Kier alpha value is -2.77. The lowest BCUT2D eigenvalue weighted by Gasteiger charge is -2.30. The normalized spacial score (nSPS) is 16.0. The Bertz CT molecular complexity index is 1190. The molecule has 2 heterocycles. The van der Waals surface area contributed by atoms with Gasteiger partial charge in [0.2, 0.25) is 11.8 Å². The molecule has 0 saturated heterocycles. The van der Waals surface area contributed by atoms with E-state index in [0.29, 0.717) is 31.9 Å². The Morgan fingerprint density at radius 2 is 1.91 bits per heavy atom. The van der Waals surface area contributed by atoms with E-state index in [1.165, 1.54) is 17.3 Å². The summed E-state index contributed by atoms with van der Waals surface area (Å²) in [6, 6.07) is 15.8. The highest BCUT2D eigenvalue weighted by atomic mass is 32.2. The van der Waals surface area contributed by atoms with Crippen molar-refractivity contribution in [2.24, 2.45) is 7.05 Å². The molecule has 0 aliphatic carbocycles. The number of para-hydroxylation sites is 1. The Morgan fingerprint density at radius 1 is 1.17 bits per heavy atom. The van der Waals surface area contributed by atoms with Gasteiger partial charge in [-0.3, -0.25) is 9.59 Å². The van der Waals surface area contributed by atoms with Crippen LogP contribution in [-0.2, 0) is 27.8 Å². The lowest BCUT2D eigenvalue weighted by molar-refractivity contribution is -0.138. The van der Waals surface area contributed by atoms with E-state index in [-0.39, 0.29) is 17.9 Å². The minimum absolute atomic E-state index is 0.00863. The summed E-state index contributed by atoms with van der Waals surface area (Å²) in [5.74, 6) is 0.175. The number of hydrogen-bond donors (Lipinski definition) is 1. The number of hydrogen-bond acceptors (Lipinski definition) is 4. The number of rotatable bonds is 9. The minimum atomic E-state index is -0.671. The highest BCUT2D eigenvalue weighted by Crippen LogP contribution is 2.41. The van der Waals surface area contributed by atoms with Gasteiger partial charge in [-0.1, -0.05) is 59.8 Å². The number of fused-ring (bicyclic) bond motifs is 3. The third-order valence-electron chi connectivity index (χ3n) is 6.41. The maximum Gasteiger partial charge on any atom is 0.247 e. The molecule has 7 heteroatoms. The number of nitrogens with zero attached hydrogens (tertiary/aromatic N) is 2. The second kappa shape index (κ2) is 11.3. The average molecular weight is 494 g/mol. The van der Waals surface area contributed by atoms with Crippen LogP contribution in [0.15, 0.2) is 53.6 Å². The van der Waals surface area contributed by atoms with Gasteiger partial charge in [0.05, 0.1) is 16.9 Å². The molecular formula is C28H35N3O3S. The van der Waals surface area contributed by atoms with Gasteiger partial charge in [-0.15, -0.1) is 0 Å². The fraction of sp³-hybridized carbons (Fsp3) is 0.429. The lowest BCUT2D eigenvalue weighted by atomic mass is 10.0. The van der Waals surface area contributed by atoms with Crippen molar-refractivity contribution in [1.29, 1.82) is 0 Å². The Labute approximate surface area is 212 Å². The molecule has 3 aromatic rings. The molecule has 35 heavy (non-hydrogen) atoms. The minimum Gasteiger partial charge on any atom is -0.379 e. The van der Waals surface area contributed by atoms with Gasteiger partial charge in [-0.25, -0.2) is 0 Å². The molecule has 4 rings (SSSR count). The Kier molecular flexibility index (Phi) is 8.19. The molecule has 6 nitrogen and oxygen atoms in total. The van der Waals surface area contributed by atoms with Crippen molar-refractivity contribution in [3.05, 3.63) is 65.2 Å². The molecule has 1 aliphatic rings. The fourth-order valence-corrected chi connectivity index (χ4v) is 5.68. The summed E-state index contributed by atoms with van der Waals surface area (Å²) in [4.78, 5) is 28.9. The summed E-state index contributed by atoms with van der Waals surface area (Å²) in [7, 11) is 2.01. The van der Waals surface area contributed by atoms with E-state index in [0.717, 1.165) is 33.5 Å². The number of benzene rings is 2. The smallest absolute Gasteiger partial charge is 0.247 e. The molecule has 1 atom stereocenters. The SMILES string of the molecule is Cc1ccc(CCN2C(=O)CSc3c(c4ccccc4n3C)C2C(=O)NCCCOC(C)C)cc1. The van der Waals surface area contributed by atoms with Crippen molar-refractivity contribution < 1.29 is 14.3 Å². The Balaban J connectivity index is 1.65. The number of carbonyl (C=O) groups is 2. The predicted molar refractivity (Wildman–Crippen MR) is 142 cm³/mol. The van der Waals surface area contributed by atoms with Crippen molar-refractivity contribution in [2.45, 2.75) is 50.8 Å². The largest absolute Gasteiger partial charge is 0.379 e. The number of amides is 2. The molecule has 1 aliphatic heterocycles. The number of aromatic nitrogens is 1. The molecule has 0 spiro atoms. The van der Waals surface area contributed by atoms with E-state index >= 15 is 0 Å². The lowest BCUT2D eigenvalue weighted by Crippen LogP contribution is -2.45. The molecule has 2 aromatic carbocycles. The molecule has 1 N–H and O–H groups in total. The topological polar surface area (TPSA) is 63.6 Å². The Morgan fingerprint density at radius 3 is 2.66 bits per heavy atom. The highest BCUT2D eigenvalue weighted by molar-refractivity contribution is 8.00. The number of carbonyl (C=O) groups excluding carboxylic acids is 2. The average Bonchev–Trinajstić information content (AvgIpc) is 3.02. The predicted octanol–water partition coefficient (Wildman–Crippen LogP) is 4.64. The first-order valence-corrected chi connectivity index (χ1v) is 13.3. The molecule has 1 aromatic heterocycles. The van der Waals surface area contributed by atoms with Crippen molar-refractivity contribution in [3.8, 4) is 0 Å². The second-order valence-corrected chi connectivity index (χ2v) is 10.3. The molecule has 0 fully saturated rings. The van der Waals surface area contributed by atoms with Gasteiger partial charge in [-0.05, 0) is 45.2 Å². The van der Waals surface area contributed by atoms with Crippen LogP contribution in [0.5, 0.6) is 0 Å². The van der Waals surface area contributed by atoms with Gasteiger partial charge < -0.3 is 19.5 Å². The summed E-state index contributed by atoms with van der Waals surface area (Å²) < 4.78 is 7.73. The maximum atomic E-state index is 13.7. The van der Waals surface area contributed by atoms with Gasteiger partial charge >= 0.3 is 0 Å². The van der Waals surface area contributed by atoms with E-state index in [9.17, 15) is 9.59 Å².